The Balaban J connectivity index is 1.88. The van der Waals surface area contributed by atoms with Crippen molar-refractivity contribution in [3.8, 4) is 0 Å². The maximum Gasteiger partial charge on any atom is 0.247 e. The molecule has 1 aliphatic rings. The van der Waals surface area contributed by atoms with Crippen LogP contribution < -0.4 is 10.0 Å². The van der Waals surface area contributed by atoms with Gasteiger partial charge in [-0.3, -0.25) is 9.59 Å². The van der Waals surface area contributed by atoms with Gasteiger partial charge in [0.1, 0.15) is 5.03 Å². The molecule has 0 spiro atoms. The summed E-state index contributed by atoms with van der Waals surface area (Å²) in [5.74, 6) is -2.30. The van der Waals surface area contributed by atoms with E-state index in [9.17, 15) is 19.5 Å². The molecule has 1 fully saturated rings. The Morgan fingerprint density at radius 1 is 1.24 bits per heavy atom. The van der Waals surface area contributed by atoms with Crippen molar-refractivity contribution in [2.75, 3.05) is 4.90 Å². The highest BCUT2D eigenvalue weighted by Gasteiger charge is 2.40. The summed E-state index contributed by atoms with van der Waals surface area (Å²) in [5, 5.41) is 11.1. The maximum absolute atomic E-state index is 12.6. The van der Waals surface area contributed by atoms with Crippen molar-refractivity contribution in [3.63, 3.8) is 0 Å². The Morgan fingerprint density at radius 3 is 2.56 bits per heavy atom. The van der Waals surface area contributed by atoms with E-state index in [1.807, 2.05) is 0 Å². The number of hydrogen-bond donors (Lipinski definition) is 0. The molecular weight excluding hydrogens is 387 g/mol. The maximum atomic E-state index is 12.6. The number of aromatic nitrogens is 1. The first-order valence-corrected chi connectivity index (χ1v) is 8.66. The predicted molar refractivity (Wildman–Crippen MR) is 91.8 cm³/mol. The summed E-state index contributed by atoms with van der Waals surface area (Å²) < 4.78 is 0. The van der Waals surface area contributed by atoms with E-state index in [1.54, 1.807) is 0 Å². The molecule has 1 aromatic heterocycles. The summed E-state index contributed by atoms with van der Waals surface area (Å²) in [7, 11) is 0. The zero-order valence-corrected chi connectivity index (χ0v) is 14.8. The van der Waals surface area contributed by atoms with Gasteiger partial charge in [-0.1, -0.05) is 35.0 Å². The molecular formula is C16H9Cl2N2O4S-. The van der Waals surface area contributed by atoms with Gasteiger partial charge >= 0.3 is 0 Å². The van der Waals surface area contributed by atoms with Crippen LogP contribution in [0.4, 0.5) is 5.69 Å². The van der Waals surface area contributed by atoms with Crippen LogP contribution in [-0.4, -0.2) is 28.0 Å². The Hall–Kier alpha value is -2.09. The van der Waals surface area contributed by atoms with Gasteiger partial charge in [-0.25, -0.2) is 9.88 Å². The van der Waals surface area contributed by atoms with E-state index in [0.29, 0.717) is 10.0 Å². The third-order valence-corrected chi connectivity index (χ3v) is 5.09. The van der Waals surface area contributed by atoms with Crippen molar-refractivity contribution in [1.29, 1.82) is 0 Å². The SMILES string of the molecule is O=C([O-])c1cccnc1S[C@@H]1CC(=O)N(c2cc(Cl)cc(Cl)c2)C1=O. The molecule has 2 heterocycles. The van der Waals surface area contributed by atoms with Crippen LogP contribution in [0.15, 0.2) is 41.6 Å². The van der Waals surface area contributed by atoms with Crippen LogP contribution >= 0.6 is 35.0 Å². The molecule has 0 aliphatic carbocycles. The molecule has 1 aliphatic heterocycles. The van der Waals surface area contributed by atoms with Crippen molar-refractivity contribution >= 4 is 58.4 Å². The first-order chi connectivity index (χ1) is 11.9. The van der Waals surface area contributed by atoms with E-state index in [4.69, 9.17) is 23.2 Å². The van der Waals surface area contributed by atoms with Gasteiger partial charge in [-0.15, -0.1) is 0 Å². The van der Waals surface area contributed by atoms with Gasteiger partial charge < -0.3 is 9.90 Å². The van der Waals surface area contributed by atoms with E-state index in [-0.39, 0.29) is 22.7 Å². The fourth-order valence-electron chi connectivity index (χ4n) is 2.41. The summed E-state index contributed by atoms with van der Waals surface area (Å²) in [4.78, 5) is 41.0. The third-order valence-electron chi connectivity index (χ3n) is 3.46. The summed E-state index contributed by atoms with van der Waals surface area (Å²) in [6.45, 7) is 0. The first-order valence-electron chi connectivity index (χ1n) is 7.02. The predicted octanol–water partition coefficient (Wildman–Crippen LogP) is 2.18. The van der Waals surface area contributed by atoms with Gasteiger partial charge in [0.15, 0.2) is 0 Å². The zero-order chi connectivity index (χ0) is 18.1. The molecule has 128 valence electrons. The molecule has 3 rings (SSSR count). The number of carbonyl (C=O) groups is 3. The Labute approximate surface area is 156 Å². The average Bonchev–Trinajstić information content (AvgIpc) is 2.80. The Kier molecular flexibility index (Phi) is 4.99. The average molecular weight is 396 g/mol. The third kappa shape index (κ3) is 3.63. The number of hydrogen-bond acceptors (Lipinski definition) is 6. The lowest BCUT2D eigenvalue weighted by Gasteiger charge is -2.16. The highest BCUT2D eigenvalue weighted by Crippen LogP contribution is 2.36. The number of pyridine rings is 1. The minimum Gasteiger partial charge on any atom is -0.545 e. The molecule has 25 heavy (non-hydrogen) atoms. The van der Waals surface area contributed by atoms with Crippen molar-refractivity contribution in [2.45, 2.75) is 16.7 Å². The number of halogens is 2. The standard InChI is InChI=1S/C16H10Cl2N2O4S/c17-8-4-9(18)6-10(5-8)20-13(21)7-12(15(20)22)25-14-11(16(23)24)2-1-3-19-14/h1-6,12H,7H2,(H,23,24)/p-1/t12-/m1/s1. The van der Waals surface area contributed by atoms with Gasteiger partial charge in [0, 0.05) is 28.2 Å². The number of amides is 2. The van der Waals surface area contributed by atoms with Crippen LogP contribution in [0.25, 0.3) is 0 Å². The van der Waals surface area contributed by atoms with E-state index < -0.39 is 23.0 Å². The zero-order valence-electron chi connectivity index (χ0n) is 12.4. The smallest absolute Gasteiger partial charge is 0.247 e. The highest BCUT2D eigenvalue weighted by atomic mass is 35.5. The number of carboxylic acids is 1. The van der Waals surface area contributed by atoms with Gasteiger partial charge in [-0.2, -0.15) is 0 Å². The second kappa shape index (κ2) is 7.03. The molecule has 0 saturated carbocycles. The van der Waals surface area contributed by atoms with E-state index >= 15 is 0 Å². The molecule has 0 bridgehead atoms. The van der Waals surface area contributed by atoms with E-state index in [2.05, 4.69) is 4.98 Å². The molecule has 6 nitrogen and oxygen atoms in total. The van der Waals surface area contributed by atoms with Crippen molar-refractivity contribution in [1.82, 2.24) is 4.98 Å². The lowest BCUT2D eigenvalue weighted by atomic mass is 10.3. The van der Waals surface area contributed by atoms with Crippen LogP contribution in [0.3, 0.4) is 0 Å². The van der Waals surface area contributed by atoms with E-state index in [1.165, 1.54) is 36.5 Å². The fraction of sp³-hybridized carbons (Fsp3) is 0.125. The summed E-state index contributed by atoms with van der Waals surface area (Å²) in [6, 6.07) is 7.20. The van der Waals surface area contributed by atoms with Crippen molar-refractivity contribution < 1.29 is 19.5 Å². The van der Waals surface area contributed by atoms with Gasteiger partial charge in [0.25, 0.3) is 0 Å². The quantitative estimate of drug-likeness (QED) is 0.736. The van der Waals surface area contributed by atoms with Gasteiger partial charge in [0.05, 0.1) is 16.9 Å². The summed E-state index contributed by atoms with van der Waals surface area (Å²) in [5.41, 5.74) is 0.147. The van der Waals surface area contributed by atoms with Crippen molar-refractivity contribution in [2.24, 2.45) is 0 Å². The van der Waals surface area contributed by atoms with Crippen LogP contribution in [-0.2, 0) is 9.59 Å². The molecule has 0 unspecified atom stereocenters. The fourth-order valence-corrected chi connectivity index (χ4v) is 4.03. The topological polar surface area (TPSA) is 90.4 Å². The van der Waals surface area contributed by atoms with Crippen LogP contribution in [0, 0.1) is 0 Å². The number of nitrogens with zero attached hydrogens (tertiary/aromatic N) is 2. The lowest BCUT2D eigenvalue weighted by Crippen LogP contribution is -2.31. The normalized spacial score (nSPS) is 17.2. The Morgan fingerprint density at radius 2 is 1.92 bits per heavy atom. The van der Waals surface area contributed by atoms with Crippen molar-refractivity contribution in [3.05, 3.63) is 52.1 Å². The molecule has 1 aromatic carbocycles. The number of rotatable bonds is 4. The highest BCUT2D eigenvalue weighted by molar-refractivity contribution is 8.00. The summed E-state index contributed by atoms with van der Waals surface area (Å²) in [6.07, 6.45) is 1.32. The molecule has 2 aromatic rings. The number of thioether (sulfide) groups is 1. The molecule has 0 radical (unpaired) electrons. The number of carbonyl (C=O) groups excluding carboxylic acids is 3. The van der Waals surface area contributed by atoms with Crippen LogP contribution in [0.2, 0.25) is 10.0 Å². The Bertz CT molecular complexity index is 870. The molecule has 2 amide bonds. The number of benzene rings is 1. The molecule has 1 atom stereocenters. The van der Waals surface area contributed by atoms with Gasteiger partial charge in [-0.05, 0) is 30.3 Å². The molecule has 1 saturated heterocycles. The van der Waals surface area contributed by atoms with Gasteiger partial charge in [0.2, 0.25) is 11.8 Å². The molecule has 0 N–H and O–H groups in total. The number of carboxylic acid groups (broad SMARTS) is 1. The first kappa shape index (κ1) is 17.7. The van der Waals surface area contributed by atoms with Crippen LogP contribution in [0.1, 0.15) is 16.8 Å². The second-order valence-electron chi connectivity index (χ2n) is 5.15. The van der Waals surface area contributed by atoms with E-state index in [0.717, 1.165) is 16.7 Å². The lowest BCUT2D eigenvalue weighted by molar-refractivity contribution is -0.255. The number of anilines is 1. The number of aromatic carboxylic acids is 1. The number of imide groups is 1. The monoisotopic (exact) mass is 395 g/mol. The largest absolute Gasteiger partial charge is 0.545 e. The van der Waals surface area contributed by atoms with Crippen LogP contribution in [0.5, 0.6) is 0 Å². The summed E-state index contributed by atoms with van der Waals surface area (Å²) >= 11 is 12.8. The minimum absolute atomic E-state index is 0.0866. The second-order valence-corrected chi connectivity index (χ2v) is 7.21. The molecule has 9 heteroatoms. The minimum atomic E-state index is -1.40.